The van der Waals surface area contributed by atoms with Gasteiger partial charge in [0.2, 0.25) is 0 Å². The molecule has 0 fully saturated rings. The minimum Gasteiger partial charge on any atom is -0.399 e. The van der Waals surface area contributed by atoms with Crippen LogP contribution in [-0.4, -0.2) is 4.98 Å². The fourth-order valence-corrected chi connectivity index (χ4v) is 2.26. The summed E-state index contributed by atoms with van der Waals surface area (Å²) in [5.41, 5.74) is 11.8. The number of rotatable bonds is 2. The number of nitrogens with two attached hydrogens (primary N) is 1. The second-order valence-electron chi connectivity index (χ2n) is 5.03. The molecule has 0 saturated heterocycles. The summed E-state index contributed by atoms with van der Waals surface area (Å²) in [4.78, 5) is 4.63. The quantitative estimate of drug-likeness (QED) is 0.682. The molecule has 3 rings (SSSR count). The van der Waals surface area contributed by atoms with E-state index in [1.165, 1.54) is 0 Å². The Labute approximate surface area is 118 Å². The van der Waals surface area contributed by atoms with E-state index >= 15 is 0 Å². The Kier molecular flexibility index (Phi) is 3.03. The molecule has 3 heteroatoms. The summed E-state index contributed by atoms with van der Waals surface area (Å²) in [5, 5.41) is 4.57. The molecule has 0 unspecified atom stereocenters. The Morgan fingerprint density at radius 3 is 2.65 bits per heavy atom. The van der Waals surface area contributed by atoms with Crippen molar-refractivity contribution in [2.24, 2.45) is 0 Å². The molecule has 0 bridgehead atoms. The van der Waals surface area contributed by atoms with Crippen LogP contribution in [0, 0.1) is 13.8 Å². The molecule has 1 aromatic heterocycles. The van der Waals surface area contributed by atoms with Crippen LogP contribution in [-0.2, 0) is 0 Å². The van der Waals surface area contributed by atoms with Gasteiger partial charge in [0.1, 0.15) is 0 Å². The Bertz CT molecular complexity index is 778. The molecule has 100 valence electrons. The molecule has 20 heavy (non-hydrogen) atoms. The maximum atomic E-state index is 5.86. The molecular weight excluding hydrogens is 246 g/mol. The number of anilines is 3. The number of benzene rings is 2. The molecule has 0 aliphatic heterocycles. The third-order valence-electron chi connectivity index (χ3n) is 3.39. The zero-order chi connectivity index (χ0) is 14.1. The molecule has 1 heterocycles. The van der Waals surface area contributed by atoms with Crippen molar-refractivity contribution in [3.63, 3.8) is 0 Å². The molecule has 0 aliphatic carbocycles. The van der Waals surface area contributed by atoms with Gasteiger partial charge in [0.25, 0.3) is 0 Å². The number of pyridine rings is 1. The van der Waals surface area contributed by atoms with Gasteiger partial charge in [-0.3, -0.25) is 4.98 Å². The van der Waals surface area contributed by atoms with Gasteiger partial charge in [-0.2, -0.15) is 0 Å². The molecule has 0 radical (unpaired) electrons. The largest absolute Gasteiger partial charge is 0.399 e. The normalized spacial score (nSPS) is 10.7. The number of nitrogen functional groups attached to an aromatic ring is 1. The molecule has 2 aromatic carbocycles. The van der Waals surface area contributed by atoms with Crippen LogP contribution in [0.1, 0.15) is 11.3 Å². The van der Waals surface area contributed by atoms with E-state index < -0.39 is 0 Å². The highest BCUT2D eigenvalue weighted by Crippen LogP contribution is 2.27. The van der Waals surface area contributed by atoms with Crippen molar-refractivity contribution in [2.45, 2.75) is 13.8 Å². The van der Waals surface area contributed by atoms with Crippen molar-refractivity contribution in [1.82, 2.24) is 4.98 Å². The smallest absolute Gasteiger partial charge is 0.0939 e. The molecule has 0 saturated carbocycles. The zero-order valence-electron chi connectivity index (χ0n) is 11.6. The number of hydrogen-bond acceptors (Lipinski definition) is 3. The Hall–Kier alpha value is -2.55. The van der Waals surface area contributed by atoms with Crippen molar-refractivity contribution in [1.29, 1.82) is 0 Å². The molecule has 0 atom stereocenters. The fraction of sp³-hybridized carbons (Fsp3) is 0.118. The average Bonchev–Trinajstić information content (AvgIpc) is 2.43. The zero-order valence-corrected chi connectivity index (χ0v) is 11.6. The summed E-state index contributed by atoms with van der Waals surface area (Å²) >= 11 is 0. The second kappa shape index (κ2) is 4.85. The SMILES string of the molecule is Cc1ccc2cccc(Nc3cc(N)ccc3C)c2n1. The van der Waals surface area contributed by atoms with Crippen LogP contribution in [0.15, 0.2) is 48.5 Å². The second-order valence-corrected chi connectivity index (χ2v) is 5.03. The number of fused-ring (bicyclic) bond motifs is 1. The molecule has 3 N–H and O–H groups in total. The summed E-state index contributed by atoms with van der Waals surface area (Å²) in [5.74, 6) is 0. The maximum Gasteiger partial charge on any atom is 0.0939 e. The third kappa shape index (κ3) is 2.30. The first kappa shape index (κ1) is 12.5. The van der Waals surface area contributed by atoms with Crippen LogP contribution in [0.25, 0.3) is 10.9 Å². The number of nitrogens with zero attached hydrogens (tertiary/aromatic N) is 1. The van der Waals surface area contributed by atoms with Gasteiger partial charge in [0.15, 0.2) is 0 Å². The van der Waals surface area contributed by atoms with E-state index in [1.54, 1.807) is 0 Å². The van der Waals surface area contributed by atoms with Gasteiger partial charge in [0, 0.05) is 22.5 Å². The van der Waals surface area contributed by atoms with E-state index in [0.29, 0.717) is 0 Å². The molecule has 0 aliphatic rings. The third-order valence-corrected chi connectivity index (χ3v) is 3.39. The Morgan fingerprint density at radius 1 is 0.950 bits per heavy atom. The minimum atomic E-state index is 0.752. The van der Waals surface area contributed by atoms with E-state index in [0.717, 1.165) is 39.2 Å². The lowest BCUT2D eigenvalue weighted by atomic mass is 10.1. The first-order valence-corrected chi connectivity index (χ1v) is 6.63. The first-order chi connectivity index (χ1) is 9.63. The number of aromatic nitrogens is 1. The number of para-hydroxylation sites is 1. The van der Waals surface area contributed by atoms with E-state index in [1.807, 2.05) is 43.3 Å². The highest BCUT2D eigenvalue weighted by molar-refractivity contribution is 5.92. The topological polar surface area (TPSA) is 50.9 Å². The molecular formula is C17H17N3. The van der Waals surface area contributed by atoms with Gasteiger partial charge >= 0.3 is 0 Å². The van der Waals surface area contributed by atoms with Crippen LogP contribution >= 0.6 is 0 Å². The fourth-order valence-electron chi connectivity index (χ4n) is 2.26. The van der Waals surface area contributed by atoms with E-state index in [9.17, 15) is 0 Å². The van der Waals surface area contributed by atoms with Crippen LogP contribution < -0.4 is 11.1 Å². The first-order valence-electron chi connectivity index (χ1n) is 6.63. The summed E-state index contributed by atoms with van der Waals surface area (Å²) in [6.07, 6.45) is 0. The monoisotopic (exact) mass is 263 g/mol. The number of nitrogens with one attached hydrogen (secondary N) is 1. The van der Waals surface area contributed by atoms with Gasteiger partial charge in [-0.1, -0.05) is 24.3 Å². The van der Waals surface area contributed by atoms with Crippen LogP contribution in [0.3, 0.4) is 0 Å². The summed E-state index contributed by atoms with van der Waals surface area (Å²) in [6, 6.07) is 16.1. The summed E-state index contributed by atoms with van der Waals surface area (Å²) < 4.78 is 0. The van der Waals surface area contributed by atoms with Crippen molar-refractivity contribution in [3.05, 3.63) is 59.8 Å². The Morgan fingerprint density at radius 2 is 1.80 bits per heavy atom. The molecule has 0 amide bonds. The predicted molar refractivity (Wildman–Crippen MR) is 85.4 cm³/mol. The van der Waals surface area contributed by atoms with Crippen molar-refractivity contribution < 1.29 is 0 Å². The summed E-state index contributed by atoms with van der Waals surface area (Å²) in [7, 11) is 0. The van der Waals surface area contributed by atoms with Gasteiger partial charge < -0.3 is 11.1 Å². The van der Waals surface area contributed by atoms with Crippen LogP contribution in [0.4, 0.5) is 17.1 Å². The number of aryl methyl sites for hydroxylation is 2. The van der Waals surface area contributed by atoms with Crippen molar-refractivity contribution in [3.8, 4) is 0 Å². The predicted octanol–water partition coefficient (Wildman–Crippen LogP) is 4.18. The van der Waals surface area contributed by atoms with E-state index in [-0.39, 0.29) is 0 Å². The maximum absolute atomic E-state index is 5.86. The average molecular weight is 263 g/mol. The van der Waals surface area contributed by atoms with Gasteiger partial charge in [-0.15, -0.1) is 0 Å². The highest BCUT2D eigenvalue weighted by Gasteiger charge is 2.05. The van der Waals surface area contributed by atoms with Crippen LogP contribution in [0.5, 0.6) is 0 Å². The minimum absolute atomic E-state index is 0.752. The van der Waals surface area contributed by atoms with Crippen LogP contribution in [0.2, 0.25) is 0 Å². The van der Waals surface area contributed by atoms with Gasteiger partial charge in [-0.05, 0) is 43.7 Å². The number of hydrogen-bond donors (Lipinski definition) is 2. The highest BCUT2D eigenvalue weighted by atomic mass is 14.9. The lowest BCUT2D eigenvalue weighted by molar-refractivity contribution is 1.25. The van der Waals surface area contributed by atoms with Gasteiger partial charge in [-0.25, -0.2) is 0 Å². The van der Waals surface area contributed by atoms with E-state index in [2.05, 4.69) is 29.4 Å². The molecule has 3 aromatic rings. The standard InChI is InChI=1S/C17H17N3/c1-11-6-9-14(18)10-16(11)20-15-5-3-4-13-8-7-12(2)19-17(13)15/h3-10,20H,18H2,1-2H3. The Balaban J connectivity index is 2.10. The van der Waals surface area contributed by atoms with Gasteiger partial charge in [0.05, 0.1) is 11.2 Å². The van der Waals surface area contributed by atoms with Crippen molar-refractivity contribution >= 4 is 28.0 Å². The molecule has 0 spiro atoms. The van der Waals surface area contributed by atoms with E-state index in [4.69, 9.17) is 5.73 Å². The van der Waals surface area contributed by atoms with Crippen molar-refractivity contribution in [2.75, 3.05) is 11.1 Å². The lowest BCUT2D eigenvalue weighted by Gasteiger charge is -2.12. The lowest BCUT2D eigenvalue weighted by Crippen LogP contribution is -1.97. The molecule has 3 nitrogen and oxygen atoms in total. The summed E-state index contributed by atoms with van der Waals surface area (Å²) in [6.45, 7) is 4.06.